The molecule has 1 N–H and O–H groups in total. The maximum Gasteiger partial charge on any atom is 0.296 e. The van der Waals surface area contributed by atoms with Crippen molar-refractivity contribution in [2.75, 3.05) is 0 Å². The van der Waals surface area contributed by atoms with Gasteiger partial charge in [-0.1, -0.05) is 6.92 Å². The van der Waals surface area contributed by atoms with E-state index in [0.29, 0.717) is 6.42 Å². The van der Waals surface area contributed by atoms with Crippen LogP contribution in [0.1, 0.15) is 45.5 Å². The second-order valence-corrected chi connectivity index (χ2v) is 5.67. The molecule has 2 aromatic rings. The van der Waals surface area contributed by atoms with Crippen LogP contribution in [-0.4, -0.2) is 16.7 Å². The highest BCUT2D eigenvalue weighted by Gasteiger charge is 2.24. The number of hydrogen-bond acceptors (Lipinski definition) is 5. The van der Waals surface area contributed by atoms with Gasteiger partial charge in [0.15, 0.2) is 5.76 Å². The second kappa shape index (κ2) is 6.00. The highest BCUT2D eigenvalue weighted by atomic mass is 32.1. The van der Waals surface area contributed by atoms with E-state index in [1.165, 1.54) is 23.7 Å². The number of Topliss-reactive ketones (excluding diaryl/α,β-unsaturated/α-hetero) is 1. The first-order valence-electron chi connectivity index (χ1n) is 6.35. The van der Waals surface area contributed by atoms with Crippen LogP contribution in [0.25, 0.3) is 0 Å². The molecule has 0 aliphatic heterocycles. The van der Waals surface area contributed by atoms with E-state index in [1.54, 1.807) is 6.07 Å². The van der Waals surface area contributed by atoms with Gasteiger partial charge in [0.25, 0.3) is 11.7 Å². The SMILES string of the molecule is CC[C@@H](NC(=O)C(=O)c1ccco1)c1nc(C)c(C)s1. The second-order valence-electron chi connectivity index (χ2n) is 4.43. The summed E-state index contributed by atoms with van der Waals surface area (Å²) in [5.41, 5.74) is 0.954. The molecular weight excluding hydrogens is 276 g/mol. The van der Waals surface area contributed by atoms with Gasteiger partial charge in [-0.3, -0.25) is 9.59 Å². The number of amides is 1. The molecule has 0 radical (unpaired) electrons. The molecule has 0 saturated heterocycles. The topological polar surface area (TPSA) is 72.2 Å². The van der Waals surface area contributed by atoms with Crippen molar-refractivity contribution < 1.29 is 14.0 Å². The molecule has 1 amide bonds. The molecule has 0 bridgehead atoms. The fourth-order valence-electron chi connectivity index (χ4n) is 1.73. The summed E-state index contributed by atoms with van der Waals surface area (Å²) in [7, 11) is 0. The molecule has 0 unspecified atom stereocenters. The molecule has 0 fully saturated rings. The number of aryl methyl sites for hydroxylation is 2. The number of carbonyl (C=O) groups is 2. The Balaban J connectivity index is 2.10. The van der Waals surface area contributed by atoms with E-state index in [2.05, 4.69) is 10.3 Å². The third kappa shape index (κ3) is 2.96. The number of hydrogen-bond donors (Lipinski definition) is 1. The molecule has 106 valence electrons. The van der Waals surface area contributed by atoms with Gasteiger partial charge in [0.2, 0.25) is 0 Å². The van der Waals surface area contributed by atoms with Gasteiger partial charge >= 0.3 is 0 Å². The predicted octanol–water partition coefficient (Wildman–Crippen LogP) is 2.80. The van der Waals surface area contributed by atoms with Gasteiger partial charge in [-0.2, -0.15) is 0 Å². The summed E-state index contributed by atoms with van der Waals surface area (Å²) in [6.45, 7) is 5.85. The van der Waals surface area contributed by atoms with E-state index < -0.39 is 11.7 Å². The molecule has 2 rings (SSSR count). The average Bonchev–Trinajstić information content (AvgIpc) is 3.06. The molecule has 2 heterocycles. The third-order valence-electron chi connectivity index (χ3n) is 3.01. The Morgan fingerprint density at radius 1 is 1.45 bits per heavy atom. The first-order chi connectivity index (χ1) is 9.52. The van der Waals surface area contributed by atoms with Crippen molar-refractivity contribution in [2.24, 2.45) is 0 Å². The average molecular weight is 292 g/mol. The van der Waals surface area contributed by atoms with Gasteiger partial charge in [0.1, 0.15) is 5.01 Å². The van der Waals surface area contributed by atoms with E-state index in [9.17, 15) is 9.59 Å². The van der Waals surface area contributed by atoms with Crippen molar-refractivity contribution in [3.8, 4) is 0 Å². The summed E-state index contributed by atoms with van der Waals surface area (Å²) in [5.74, 6) is -1.29. The highest BCUT2D eigenvalue weighted by Crippen LogP contribution is 2.24. The first kappa shape index (κ1) is 14.5. The van der Waals surface area contributed by atoms with Crippen molar-refractivity contribution in [3.63, 3.8) is 0 Å². The molecule has 0 spiro atoms. The fraction of sp³-hybridized carbons (Fsp3) is 0.357. The molecule has 2 aromatic heterocycles. The number of carbonyl (C=O) groups excluding carboxylic acids is 2. The largest absolute Gasteiger partial charge is 0.461 e. The van der Waals surface area contributed by atoms with Crippen LogP contribution in [0.5, 0.6) is 0 Å². The predicted molar refractivity (Wildman–Crippen MR) is 75.8 cm³/mol. The molecule has 0 aromatic carbocycles. The summed E-state index contributed by atoms with van der Waals surface area (Å²) in [4.78, 5) is 29.3. The molecule has 0 aliphatic rings. The van der Waals surface area contributed by atoms with Crippen molar-refractivity contribution in [1.82, 2.24) is 10.3 Å². The van der Waals surface area contributed by atoms with Crippen molar-refractivity contribution in [3.05, 3.63) is 39.7 Å². The number of rotatable bonds is 5. The Kier molecular flexibility index (Phi) is 4.34. The van der Waals surface area contributed by atoms with Gasteiger partial charge < -0.3 is 9.73 Å². The van der Waals surface area contributed by atoms with Gasteiger partial charge in [-0.25, -0.2) is 4.98 Å². The number of ketones is 1. The summed E-state index contributed by atoms with van der Waals surface area (Å²) in [6, 6.07) is 2.80. The molecule has 6 heteroatoms. The lowest BCUT2D eigenvalue weighted by molar-refractivity contribution is -0.117. The Morgan fingerprint density at radius 3 is 2.70 bits per heavy atom. The van der Waals surface area contributed by atoms with Gasteiger partial charge in [0, 0.05) is 4.88 Å². The summed E-state index contributed by atoms with van der Waals surface area (Å²) < 4.78 is 4.94. The Labute approximate surface area is 121 Å². The van der Waals surface area contributed by atoms with E-state index in [4.69, 9.17) is 4.42 Å². The molecular formula is C14H16N2O3S. The molecule has 0 saturated carbocycles. The zero-order chi connectivity index (χ0) is 14.7. The maximum absolute atomic E-state index is 11.9. The normalized spacial score (nSPS) is 12.2. The van der Waals surface area contributed by atoms with Gasteiger partial charge in [-0.15, -0.1) is 11.3 Å². The lowest BCUT2D eigenvalue weighted by Gasteiger charge is -2.13. The van der Waals surface area contributed by atoms with Crippen molar-refractivity contribution in [1.29, 1.82) is 0 Å². The molecule has 5 nitrogen and oxygen atoms in total. The van der Waals surface area contributed by atoms with Crippen LogP contribution in [0.4, 0.5) is 0 Å². The van der Waals surface area contributed by atoms with Crippen molar-refractivity contribution in [2.45, 2.75) is 33.2 Å². The van der Waals surface area contributed by atoms with Crippen LogP contribution in [0, 0.1) is 13.8 Å². The van der Waals surface area contributed by atoms with Crippen LogP contribution in [0.3, 0.4) is 0 Å². The van der Waals surface area contributed by atoms with E-state index in [0.717, 1.165) is 15.6 Å². The Morgan fingerprint density at radius 2 is 2.20 bits per heavy atom. The number of furan rings is 1. The van der Waals surface area contributed by atoms with E-state index in [1.807, 2.05) is 20.8 Å². The Hall–Kier alpha value is -1.95. The zero-order valence-electron chi connectivity index (χ0n) is 11.6. The van der Waals surface area contributed by atoms with Gasteiger partial charge in [0.05, 0.1) is 18.0 Å². The smallest absolute Gasteiger partial charge is 0.296 e. The lowest BCUT2D eigenvalue weighted by atomic mass is 10.2. The first-order valence-corrected chi connectivity index (χ1v) is 7.17. The highest BCUT2D eigenvalue weighted by molar-refractivity contribution is 7.11. The molecule has 0 aliphatic carbocycles. The van der Waals surface area contributed by atoms with Crippen LogP contribution in [0.15, 0.2) is 22.8 Å². The van der Waals surface area contributed by atoms with E-state index in [-0.39, 0.29) is 11.8 Å². The van der Waals surface area contributed by atoms with Crippen LogP contribution in [-0.2, 0) is 4.79 Å². The fourth-order valence-corrected chi connectivity index (χ4v) is 2.79. The number of aromatic nitrogens is 1. The van der Waals surface area contributed by atoms with Crippen LogP contribution in [0.2, 0.25) is 0 Å². The number of thiazole rings is 1. The maximum atomic E-state index is 11.9. The number of nitrogens with zero attached hydrogens (tertiary/aromatic N) is 1. The third-order valence-corrected chi connectivity index (χ3v) is 4.19. The van der Waals surface area contributed by atoms with Crippen molar-refractivity contribution >= 4 is 23.0 Å². The minimum Gasteiger partial charge on any atom is -0.461 e. The standard InChI is InChI=1S/C14H16N2O3S/c1-4-10(14-15-8(2)9(3)20-14)16-13(18)12(17)11-6-5-7-19-11/h5-7,10H,4H2,1-3H3,(H,16,18)/t10-/m1/s1. The van der Waals surface area contributed by atoms with Gasteiger partial charge in [-0.05, 0) is 32.4 Å². The number of nitrogens with one attached hydrogen (secondary N) is 1. The lowest BCUT2D eigenvalue weighted by Crippen LogP contribution is -2.34. The minimum absolute atomic E-state index is 0.0452. The zero-order valence-corrected chi connectivity index (χ0v) is 12.4. The minimum atomic E-state index is -0.669. The molecule has 1 atom stereocenters. The summed E-state index contributed by atoms with van der Waals surface area (Å²) in [6.07, 6.45) is 2.04. The van der Waals surface area contributed by atoms with E-state index >= 15 is 0 Å². The molecule has 20 heavy (non-hydrogen) atoms. The van der Waals surface area contributed by atoms with Crippen LogP contribution >= 0.6 is 11.3 Å². The Bertz CT molecular complexity index is 597. The van der Waals surface area contributed by atoms with Crippen LogP contribution < -0.4 is 5.32 Å². The summed E-state index contributed by atoms with van der Waals surface area (Å²) in [5, 5.41) is 3.53. The monoisotopic (exact) mass is 292 g/mol. The summed E-state index contributed by atoms with van der Waals surface area (Å²) >= 11 is 1.54. The quantitative estimate of drug-likeness (QED) is 0.679.